The molecular weight excluding hydrogens is 227 g/mol. The Hall–Kier alpha value is -0.500. The van der Waals surface area contributed by atoms with Gasteiger partial charge in [-0.1, -0.05) is 48.3 Å². The Morgan fingerprint density at radius 1 is 1.47 bits per heavy atom. The van der Waals surface area contributed by atoms with Crippen LogP contribution in [0.2, 0.25) is 0 Å². The van der Waals surface area contributed by atoms with Crippen molar-refractivity contribution in [3.05, 3.63) is 48.3 Å². The second kappa shape index (κ2) is 6.16. The Morgan fingerprint density at radius 3 is 2.67 bits per heavy atom. The van der Waals surface area contributed by atoms with Gasteiger partial charge < -0.3 is 4.52 Å². The average Bonchev–Trinajstić information content (AvgIpc) is 2.28. The molecule has 4 heteroatoms. The van der Waals surface area contributed by atoms with Crippen LogP contribution in [0.4, 0.5) is 0 Å². The fraction of sp³-hybridized carbons (Fsp3) is 0.273. The third-order valence-electron chi connectivity index (χ3n) is 1.79. The summed E-state index contributed by atoms with van der Waals surface area (Å²) in [4.78, 5) is 0. The van der Waals surface area contributed by atoms with Gasteiger partial charge in [0, 0.05) is 11.6 Å². The minimum Gasteiger partial charge on any atom is -0.319 e. The van der Waals surface area contributed by atoms with Crippen molar-refractivity contribution in [3.63, 3.8) is 0 Å². The third kappa shape index (κ3) is 4.25. The standard InChI is InChI=1S/C11H15O2PS/c1-3-13-14(12,4-2)15-10-11-8-6-5-7-9-11/h4-9H,2-3,10H2,1H3. The van der Waals surface area contributed by atoms with Crippen LogP contribution < -0.4 is 0 Å². The normalized spacial score (nSPS) is 14.5. The highest BCUT2D eigenvalue weighted by Gasteiger charge is 2.18. The maximum Gasteiger partial charge on any atom is 0.279 e. The zero-order chi connectivity index (χ0) is 11.1. The summed E-state index contributed by atoms with van der Waals surface area (Å²) < 4.78 is 17.2. The molecule has 0 fully saturated rings. The molecule has 0 aliphatic carbocycles. The van der Waals surface area contributed by atoms with Gasteiger partial charge in [-0.05, 0) is 12.5 Å². The van der Waals surface area contributed by atoms with Crippen LogP contribution in [0.1, 0.15) is 12.5 Å². The van der Waals surface area contributed by atoms with Gasteiger partial charge in [-0.2, -0.15) is 0 Å². The SMILES string of the molecule is C=CP(=O)(OCC)SCc1ccccc1. The first-order chi connectivity index (χ1) is 7.20. The van der Waals surface area contributed by atoms with Gasteiger partial charge in [-0.3, -0.25) is 4.57 Å². The molecule has 2 nitrogen and oxygen atoms in total. The first kappa shape index (κ1) is 12.6. The lowest BCUT2D eigenvalue weighted by Gasteiger charge is -2.12. The first-order valence-electron chi connectivity index (χ1n) is 4.76. The van der Waals surface area contributed by atoms with E-state index in [0.29, 0.717) is 12.4 Å². The maximum atomic E-state index is 12.0. The molecule has 0 saturated heterocycles. The van der Waals surface area contributed by atoms with Gasteiger partial charge in [-0.15, -0.1) is 0 Å². The molecule has 0 bridgehead atoms. The summed E-state index contributed by atoms with van der Waals surface area (Å²) in [5, 5.41) is 0. The summed E-state index contributed by atoms with van der Waals surface area (Å²) in [6, 6.07) is 9.91. The van der Waals surface area contributed by atoms with E-state index in [1.165, 1.54) is 17.2 Å². The lowest BCUT2D eigenvalue weighted by molar-refractivity contribution is 0.352. The predicted octanol–water partition coefficient (Wildman–Crippen LogP) is 4.29. The van der Waals surface area contributed by atoms with Gasteiger partial charge in [0.1, 0.15) is 0 Å². The molecule has 15 heavy (non-hydrogen) atoms. The zero-order valence-corrected chi connectivity index (χ0v) is 10.5. The monoisotopic (exact) mass is 242 g/mol. The van der Waals surface area contributed by atoms with Gasteiger partial charge in [-0.25, -0.2) is 0 Å². The lowest BCUT2D eigenvalue weighted by atomic mass is 10.2. The summed E-state index contributed by atoms with van der Waals surface area (Å²) in [6.07, 6.45) is 0. The molecule has 1 rings (SSSR count). The molecule has 82 valence electrons. The van der Waals surface area contributed by atoms with Gasteiger partial charge in [0.25, 0.3) is 6.57 Å². The second-order valence-corrected chi connectivity index (χ2v) is 7.45. The molecule has 0 heterocycles. The van der Waals surface area contributed by atoms with Gasteiger partial charge in [0.05, 0.1) is 6.61 Å². The van der Waals surface area contributed by atoms with Crippen molar-refractivity contribution < 1.29 is 9.09 Å². The van der Waals surface area contributed by atoms with Crippen LogP contribution in [0.5, 0.6) is 0 Å². The van der Waals surface area contributed by atoms with E-state index >= 15 is 0 Å². The summed E-state index contributed by atoms with van der Waals surface area (Å²) in [6.45, 7) is 3.15. The summed E-state index contributed by atoms with van der Waals surface area (Å²) in [7, 11) is 0. The van der Waals surface area contributed by atoms with Gasteiger partial charge in [0.2, 0.25) is 0 Å². The molecule has 0 aliphatic heterocycles. The van der Waals surface area contributed by atoms with Crippen LogP contribution >= 0.6 is 18.0 Å². The number of hydrogen-bond donors (Lipinski definition) is 0. The predicted molar refractivity (Wildman–Crippen MR) is 67.2 cm³/mol. The Bertz CT molecular complexity index is 351. The van der Waals surface area contributed by atoms with E-state index in [1.54, 1.807) is 0 Å². The van der Waals surface area contributed by atoms with Crippen LogP contribution in [0, 0.1) is 0 Å². The van der Waals surface area contributed by atoms with E-state index in [-0.39, 0.29) is 0 Å². The van der Waals surface area contributed by atoms with Gasteiger partial charge in [0.15, 0.2) is 0 Å². The minimum absolute atomic E-state index is 0.449. The lowest BCUT2D eigenvalue weighted by Crippen LogP contribution is -1.84. The molecule has 1 aromatic rings. The Labute approximate surface area is 94.9 Å². The smallest absolute Gasteiger partial charge is 0.279 e. The largest absolute Gasteiger partial charge is 0.319 e. The van der Waals surface area contributed by atoms with Crippen LogP contribution in [-0.2, 0) is 14.8 Å². The summed E-state index contributed by atoms with van der Waals surface area (Å²) in [5.41, 5.74) is 1.14. The Balaban J connectivity index is 2.55. The van der Waals surface area contributed by atoms with E-state index in [2.05, 4.69) is 6.58 Å². The fourth-order valence-corrected chi connectivity index (χ4v) is 4.07. The van der Waals surface area contributed by atoms with Crippen molar-refractivity contribution in [1.82, 2.24) is 0 Å². The van der Waals surface area contributed by atoms with Crippen molar-refractivity contribution in [3.8, 4) is 0 Å². The van der Waals surface area contributed by atoms with Crippen molar-refractivity contribution in [1.29, 1.82) is 0 Å². The quantitative estimate of drug-likeness (QED) is 0.696. The topological polar surface area (TPSA) is 26.3 Å². The molecule has 0 saturated carbocycles. The maximum absolute atomic E-state index is 12.0. The molecule has 0 radical (unpaired) electrons. The van der Waals surface area contributed by atoms with Crippen LogP contribution in [0.25, 0.3) is 0 Å². The molecular formula is C11H15O2PS. The molecule has 0 aromatic heterocycles. The first-order valence-corrected chi connectivity index (χ1v) is 8.05. The van der Waals surface area contributed by atoms with Crippen LogP contribution in [0.15, 0.2) is 42.7 Å². The highest BCUT2D eigenvalue weighted by Crippen LogP contribution is 2.61. The van der Waals surface area contributed by atoms with Gasteiger partial charge >= 0.3 is 0 Å². The Morgan fingerprint density at radius 2 is 2.13 bits per heavy atom. The second-order valence-electron chi connectivity index (χ2n) is 2.90. The third-order valence-corrected chi connectivity index (χ3v) is 5.90. The molecule has 1 aromatic carbocycles. The number of hydrogen-bond acceptors (Lipinski definition) is 3. The molecule has 0 amide bonds. The Kier molecular flexibility index (Phi) is 5.16. The minimum atomic E-state index is -2.69. The van der Waals surface area contributed by atoms with Crippen LogP contribution in [-0.4, -0.2) is 6.61 Å². The van der Waals surface area contributed by atoms with E-state index in [0.717, 1.165) is 5.56 Å². The number of rotatable bonds is 6. The molecule has 1 atom stereocenters. The summed E-state index contributed by atoms with van der Waals surface area (Å²) >= 11 is 1.32. The fourth-order valence-electron chi connectivity index (χ4n) is 1.06. The van der Waals surface area contributed by atoms with E-state index < -0.39 is 6.57 Å². The highest BCUT2D eigenvalue weighted by atomic mass is 32.7. The molecule has 0 aliphatic rings. The summed E-state index contributed by atoms with van der Waals surface area (Å²) in [5.74, 6) is 2.11. The van der Waals surface area contributed by atoms with Crippen molar-refractivity contribution in [2.75, 3.05) is 6.61 Å². The van der Waals surface area contributed by atoms with E-state index in [4.69, 9.17) is 4.52 Å². The molecule has 0 spiro atoms. The van der Waals surface area contributed by atoms with Crippen molar-refractivity contribution in [2.24, 2.45) is 0 Å². The van der Waals surface area contributed by atoms with Crippen molar-refractivity contribution in [2.45, 2.75) is 12.7 Å². The molecule has 1 unspecified atom stereocenters. The van der Waals surface area contributed by atoms with E-state index in [9.17, 15) is 4.57 Å². The number of benzene rings is 1. The van der Waals surface area contributed by atoms with Crippen molar-refractivity contribution >= 4 is 18.0 Å². The molecule has 0 N–H and O–H groups in total. The highest BCUT2D eigenvalue weighted by molar-refractivity contribution is 8.57. The zero-order valence-electron chi connectivity index (χ0n) is 8.76. The van der Waals surface area contributed by atoms with Crippen LogP contribution in [0.3, 0.4) is 0 Å². The average molecular weight is 242 g/mol. The van der Waals surface area contributed by atoms with E-state index in [1.807, 2.05) is 37.3 Å².